The molecule has 190 valence electrons. The van der Waals surface area contributed by atoms with Crippen molar-refractivity contribution in [2.75, 3.05) is 18.5 Å². The van der Waals surface area contributed by atoms with E-state index in [9.17, 15) is 24.6 Å². The van der Waals surface area contributed by atoms with Crippen molar-refractivity contribution in [3.05, 3.63) is 29.8 Å². The van der Waals surface area contributed by atoms with Crippen LogP contribution in [0.1, 0.15) is 45.1 Å². The van der Waals surface area contributed by atoms with E-state index in [1.807, 2.05) is 37.4 Å². The second-order valence-corrected chi connectivity index (χ2v) is 14.4. The minimum atomic E-state index is -2.57. The first-order valence-electron chi connectivity index (χ1n) is 12.4. The lowest BCUT2D eigenvalue weighted by molar-refractivity contribution is -0.135. The molecule has 0 spiro atoms. The van der Waals surface area contributed by atoms with Crippen LogP contribution in [0.2, 0.25) is 18.6 Å². The Balaban J connectivity index is 1.61. The highest BCUT2D eigenvalue weighted by Crippen LogP contribution is 2.45. The van der Waals surface area contributed by atoms with Crippen LogP contribution < -0.4 is 5.32 Å². The first-order valence-corrected chi connectivity index (χ1v) is 15.4. The van der Waals surface area contributed by atoms with Gasteiger partial charge in [0.25, 0.3) is 5.91 Å². The van der Waals surface area contributed by atoms with Gasteiger partial charge in [-0.05, 0) is 69.3 Å². The van der Waals surface area contributed by atoms with E-state index < -0.39 is 20.3 Å². The van der Waals surface area contributed by atoms with Crippen LogP contribution in [0.4, 0.5) is 5.69 Å². The molecule has 9 heteroatoms. The summed E-state index contributed by atoms with van der Waals surface area (Å²) in [5.74, 6) is -0.295. The van der Waals surface area contributed by atoms with Crippen molar-refractivity contribution in [2.24, 2.45) is 5.92 Å². The van der Waals surface area contributed by atoms with Crippen LogP contribution >= 0.6 is 0 Å². The molecule has 0 radical (unpaired) electrons. The summed E-state index contributed by atoms with van der Waals surface area (Å²) in [6, 6.07) is 7.42. The highest BCUT2D eigenvalue weighted by atomic mass is 28.4. The summed E-state index contributed by atoms with van der Waals surface area (Å²) in [6.45, 7) is 8.04. The number of nitrogens with zero attached hydrogens (tertiary/aromatic N) is 1. The molecule has 3 rings (SSSR count). The predicted molar refractivity (Wildman–Crippen MR) is 133 cm³/mol. The summed E-state index contributed by atoms with van der Waals surface area (Å²) in [7, 11) is -2.57. The lowest BCUT2D eigenvalue weighted by Crippen LogP contribution is -2.43. The van der Waals surface area contributed by atoms with Gasteiger partial charge in [0, 0.05) is 17.8 Å². The average Bonchev–Trinajstić information content (AvgIpc) is 3.37. The van der Waals surface area contributed by atoms with Gasteiger partial charge in [0.05, 0.1) is 31.3 Å². The zero-order chi connectivity index (χ0) is 25.0. The number of anilines is 1. The number of rotatable bonds is 9. The van der Waals surface area contributed by atoms with Gasteiger partial charge in [0.1, 0.15) is 6.10 Å². The number of benzene rings is 1. The Labute approximate surface area is 203 Å². The molecule has 2 aliphatic heterocycles. The molecule has 2 heterocycles. The highest BCUT2D eigenvalue weighted by Gasteiger charge is 2.50. The van der Waals surface area contributed by atoms with Crippen LogP contribution in [-0.2, 0) is 20.7 Å². The number of aliphatic hydroxyl groups excluding tert-OH is 2. The Bertz CT molecular complexity index is 841. The monoisotopic (exact) mass is 492 g/mol. The fraction of sp³-hybridized carbons (Fsp3) is 0.680. The molecule has 0 bridgehead atoms. The molecule has 2 saturated heterocycles. The molecular weight excluding hydrogens is 452 g/mol. The number of amides is 2. The summed E-state index contributed by atoms with van der Waals surface area (Å²) >= 11 is 0. The third-order valence-electron chi connectivity index (χ3n) is 7.32. The van der Waals surface area contributed by atoms with Crippen LogP contribution in [0, 0.1) is 5.92 Å². The van der Waals surface area contributed by atoms with Gasteiger partial charge in [-0.15, -0.1) is 0 Å². The van der Waals surface area contributed by atoms with Crippen LogP contribution in [-0.4, -0.2) is 77.5 Å². The topological polar surface area (TPSA) is 119 Å². The lowest BCUT2D eigenvalue weighted by Gasteiger charge is -2.31. The second-order valence-electron chi connectivity index (χ2n) is 10.4. The van der Waals surface area contributed by atoms with Crippen molar-refractivity contribution >= 4 is 25.8 Å². The van der Waals surface area contributed by atoms with E-state index in [0.717, 1.165) is 31.2 Å². The van der Waals surface area contributed by atoms with Crippen LogP contribution in [0.15, 0.2) is 24.3 Å². The minimum Gasteiger partial charge on any atom is -0.432 e. The number of hydrogen-bond donors (Lipinski definition) is 4. The van der Waals surface area contributed by atoms with Crippen molar-refractivity contribution < 1.29 is 29.3 Å². The summed E-state index contributed by atoms with van der Waals surface area (Å²) in [5, 5.41) is 21.6. The Kier molecular flexibility index (Phi) is 8.91. The molecular formula is C25H40N2O6Si. The quantitative estimate of drug-likeness (QED) is 0.393. The molecule has 1 aromatic carbocycles. The maximum absolute atomic E-state index is 13.0. The number of carbonyl (C=O) groups excluding carboxylic acids is 2. The number of ether oxygens (including phenoxy) is 1. The summed E-state index contributed by atoms with van der Waals surface area (Å²) in [4.78, 5) is 37.4. The standard InChI is InChI=1S/C25H40N2O6Si/c1-16-21(12-9-18-7-10-19(11-8-18)26-25(31)17(2)29)33-22(24(16)34(3,4)32)14-23(30)27-13-5-6-20(27)15-28/h7-8,10-11,16-17,20-22,24,28-29,32H,5-6,9,12-15H2,1-4H3,(H,26,31)/t16-,17+,20+,21+,22-,24+/m1/s1. The molecule has 0 saturated carbocycles. The normalized spacial score (nSPS) is 28.2. The number of carbonyl (C=O) groups is 2. The first-order chi connectivity index (χ1) is 16.0. The zero-order valence-electron chi connectivity index (χ0n) is 20.7. The van der Waals surface area contributed by atoms with E-state index >= 15 is 0 Å². The maximum atomic E-state index is 13.0. The minimum absolute atomic E-state index is 0.00693. The van der Waals surface area contributed by atoms with Gasteiger partial charge in [-0.25, -0.2) is 0 Å². The number of aryl methyl sites for hydroxylation is 1. The predicted octanol–water partition coefficient (Wildman–Crippen LogP) is 2.28. The van der Waals surface area contributed by atoms with E-state index in [4.69, 9.17) is 4.74 Å². The zero-order valence-corrected chi connectivity index (χ0v) is 21.7. The van der Waals surface area contributed by atoms with Gasteiger partial charge < -0.3 is 30.0 Å². The van der Waals surface area contributed by atoms with E-state index in [1.54, 1.807) is 4.90 Å². The van der Waals surface area contributed by atoms with Gasteiger partial charge in [-0.2, -0.15) is 0 Å². The van der Waals surface area contributed by atoms with E-state index in [0.29, 0.717) is 12.2 Å². The maximum Gasteiger partial charge on any atom is 0.252 e. The Morgan fingerprint density at radius 3 is 2.50 bits per heavy atom. The van der Waals surface area contributed by atoms with E-state index in [1.165, 1.54) is 6.92 Å². The van der Waals surface area contributed by atoms with E-state index in [-0.39, 0.29) is 48.6 Å². The molecule has 0 unspecified atom stereocenters. The number of likely N-dealkylation sites (tertiary alicyclic amines) is 1. The van der Waals surface area contributed by atoms with Crippen molar-refractivity contribution in [3.63, 3.8) is 0 Å². The average molecular weight is 493 g/mol. The van der Waals surface area contributed by atoms with Gasteiger partial charge in [0.15, 0.2) is 8.32 Å². The third kappa shape index (κ3) is 6.45. The number of nitrogens with one attached hydrogen (secondary N) is 1. The molecule has 8 nitrogen and oxygen atoms in total. The van der Waals surface area contributed by atoms with Gasteiger partial charge in [0.2, 0.25) is 5.91 Å². The second kappa shape index (κ2) is 11.3. The molecule has 6 atom stereocenters. The molecule has 0 aromatic heterocycles. The van der Waals surface area contributed by atoms with E-state index in [2.05, 4.69) is 12.2 Å². The molecule has 1 aromatic rings. The SMILES string of the molecule is C[C@H]1[C@H]([Si](C)(C)O)[C@@H](CC(=O)N2CCC[C@H]2CO)O[C@H]1CCc1ccc(NC(=O)[C@H](C)O)cc1. The fourth-order valence-electron chi connectivity index (χ4n) is 5.56. The molecule has 4 N–H and O–H groups in total. The summed E-state index contributed by atoms with van der Waals surface area (Å²) in [5.41, 5.74) is 1.70. The van der Waals surface area contributed by atoms with Crippen LogP contribution in [0.5, 0.6) is 0 Å². The van der Waals surface area contributed by atoms with Gasteiger partial charge >= 0.3 is 0 Å². The number of hydrogen-bond acceptors (Lipinski definition) is 6. The molecule has 2 aliphatic rings. The highest BCUT2D eigenvalue weighted by molar-refractivity contribution is 6.71. The largest absolute Gasteiger partial charge is 0.432 e. The molecule has 0 aliphatic carbocycles. The Morgan fingerprint density at radius 1 is 1.24 bits per heavy atom. The lowest BCUT2D eigenvalue weighted by atomic mass is 9.95. The van der Waals surface area contributed by atoms with Crippen molar-refractivity contribution in [3.8, 4) is 0 Å². The first kappa shape index (κ1) is 26.8. The molecule has 2 fully saturated rings. The molecule has 34 heavy (non-hydrogen) atoms. The van der Waals surface area contributed by atoms with Crippen molar-refractivity contribution in [1.82, 2.24) is 4.90 Å². The van der Waals surface area contributed by atoms with Gasteiger partial charge in [-0.3, -0.25) is 9.59 Å². The van der Waals surface area contributed by atoms with Crippen LogP contribution in [0.3, 0.4) is 0 Å². The smallest absolute Gasteiger partial charge is 0.252 e. The van der Waals surface area contributed by atoms with Crippen molar-refractivity contribution in [2.45, 2.75) is 88.9 Å². The van der Waals surface area contributed by atoms with Crippen LogP contribution in [0.25, 0.3) is 0 Å². The fourth-order valence-corrected chi connectivity index (χ4v) is 8.17. The summed E-state index contributed by atoms with van der Waals surface area (Å²) < 4.78 is 6.42. The van der Waals surface area contributed by atoms with Crippen molar-refractivity contribution in [1.29, 1.82) is 0 Å². The summed E-state index contributed by atoms with van der Waals surface area (Å²) in [6.07, 6.45) is 2.11. The Hall–Kier alpha value is -1.78. The number of aliphatic hydroxyl groups is 2. The third-order valence-corrected chi connectivity index (χ3v) is 9.85. The molecule has 2 amide bonds. The Morgan fingerprint density at radius 2 is 1.91 bits per heavy atom. The van der Waals surface area contributed by atoms with Gasteiger partial charge in [-0.1, -0.05) is 19.1 Å².